The van der Waals surface area contributed by atoms with Crippen LogP contribution in [0.3, 0.4) is 0 Å². The molecular weight excluding hydrogens is 298 g/mol. The number of rotatable bonds is 4. The Hall–Kier alpha value is -2.59. The zero-order valence-electron chi connectivity index (χ0n) is 13.6. The fourth-order valence-electron chi connectivity index (χ4n) is 3.39. The number of aromatic amines is 1. The van der Waals surface area contributed by atoms with Crippen LogP contribution in [0, 0.1) is 0 Å². The molecule has 4 nitrogen and oxygen atoms in total. The van der Waals surface area contributed by atoms with Crippen molar-refractivity contribution in [2.45, 2.75) is 26.1 Å². The second-order valence-corrected chi connectivity index (χ2v) is 6.39. The Balaban J connectivity index is 1.52. The molecular formula is C20H21N3O. The fraction of sp³-hybridized carbons (Fsp3) is 0.250. The molecule has 1 aliphatic rings. The van der Waals surface area contributed by atoms with Crippen molar-refractivity contribution in [3.63, 3.8) is 0 Å². The van der Waals surface area contributed by atoms with Crippen LogP contribution in [-0.2, 0) is 26.1 Å². The van der Waals surface area contributed by atoms with Crippen LogP contribution in [0.25, 0.3) is 0 Å². The third-order valence-corrected chi connectivity index (χ3v) is 4.63. The van der Waals surface area contributed by atoms with Crippen molar-refractivity contribution in [3.8, 4) is 0 Å². The van der Waals surface area contributed by atoms with Crippen LogP contribution >= 0.6 is 0 Å². The first-order valence-electron chi connectivity index (χ1n) is 8.40. The number of H-pyrrole nitrogens is 1. The molecule has 0 bridgehead atoms. The van der Waals surface area contributed by atoms with Gasteiger partial charge in [0.15, 0.2) is 0 Å². The first-order chi connectivity index (χ1) is 11.8. The molecule has 1 aromatic heterocycles. The van der Waals surface area contributed by atoms with Crippen molar-refractivity contribution in [1.29, 1.82) is 0 Å². The number of hydrogen-bond acceptors (Lipinski definition) is 2. The molecule has 0 saturated carbocycles. The van der Waals surface area contributed by atoms with Crippen LogP contribution in [0.15, 0.2) is 65.5 Å². The fourth-order valence-corrected chi connectivity index (χ4v) is 3.39. The van der Waals surface area contributed by atoms with Crippen LogP contribution in [0.5, 0.6) is 0 Å². The lowest BCUT2D eigenvalue weighted by Gasteiger charge is -2.25. The standard InChI is InChI=1S/C20H21N3O/c24-20-18-11-12-22(13-16-7-3-1-4-8-16)15-19(18)21-23(20)14-17-9-5-2-6-10-17/h1-10,21H,11-15H2. The first kappa shape index (κ1) is 15.0. The normalized spacial score (nSPS) is 14.5. The highest BCUT2D eigenvalue weighted by atomic mass is 16.1. The minimum Gasteiger partial charge on any atom is -0.298 e. The van der Waals surface area contributed by atoms with E-state index in [1.165, 1.54) is 5.56 Å². The van der Waals surface area contributed by atoms with Gasteiger partial charge in [0.2, 0.25) is 0 Å². The minimum atomic E-state index is 0.133. The highest BCUT2D eigenvalue weighted by Crippen LogP contribution is 2.17. The zero-order valence-corrected chi connectivity index (χ0v) is 13.6. The Morgan fingerprint density at radius 2 is 1.50 bits per heavy atom. The topological polar surface area (TPSA) is 41.0 Å². The average Bonchev–Trinajstić information content (AvgIpc) is 2.92. The Kier molecular flexibility index (Phi) is 4.05. The summed E-state index contributed by atoms with van der Waals surface area (Å²) in [6, 6.07) is 20.6. The summed E-state index contributed by atoms with van der Waals surface area (Å²) < 4.78 is 1.74. The van der Waals surface area contributed by atoms with E-state index in [2.05, 4.69) is 34.3 Å². The molecule has 0 unspecified atom stereocenters. The van der Waals surface area contributed by atoms with Crippen molar-refractivity contribution in [2.24, 2.45) is 0 Å². The third-order valence-electron chi connectivity index (χ3n) is 4.63. The molecule has 2 heterocycles. The molecule has 0 atom stereocenters. The van der Waals surface area contributed by atoms with Crippen LogP contribution in [0.1, 0.15) is 22.4 Å². The van der Waals surface area contributed by atoms with Gasteiger partial charge in [-0.3, -0.25) is 14.8 Å². The molecule has 122 valence electrons. The summed E-state index contributed by atoms with van der Waals surface area (Å²) in [7, 11) is 0. The summed E-state index contributed by atoms with van der Waals surface area (Å²) in [6.07, 6.45) is 0.819. The number of aromatic nitrogens is 2. The summed E-state index contributed by atoms with van der Waals surface area (Å²) in [5.41, 5.74) is 4.60. The lowest BCUT2D eigenvalue weighted by Crippen LogP contribution is -2.31. The van der Waals surface area contributed by atoms with Gasteiger partial charge >= 0.3 is 0 Å². The highest BCUT2D eigenvalue weighted by Gasteiger charge is 2.22. The van der Waals surface area contributed by atoms with E-state index in [9.17, 15) is 4.79 Å². The molecule has 1 N–H and O–H groups in total. The molecule has 0 amide bonds. The van der Waals surface area contributed by atoms with Crippen molar-refractivity contribution < 1.29 is 0 Å². The van der Waals surface area contributed by atoms with Gasteiger partial charge in [0.25, 0.3) is 5.56 Å². The molecule has 24 heavy (non-hydrogen) atoms. The van der Waals surface area contributed by atoms with Gasteiger partial charge in [-0.15, -0.1) is 0 Å². The summed E-state index contributed by atoms with van der Waals surface area (Å²) in [5.74, 6) is 0. The van der Waals surface area contributed by atoms with E-state index in [1.54, 1.807) is 4.68 Å². The van der Waals surface area contributed by atoms with E-state index in [0.717, 1.165) is 42.9 Å². The summed E-state index contributed by atoms with van der Waals surface area (Å²) in [6.45, 7) is 3.26. The van der Waals surface area contributed by atoms with Crippen LogP contribution in [0.4, 0.5) is 0 Å². The maximum atomic E-state index is 12.6. The summed E-state index contributed by atoms with van der Waals surface area (Å²) in [4.78, 5) is 15.0. The van der Waals surface area contributed by atoms with E-state index >= 15 is 0 Å². The van der Waals surface area contributed by atoms with Crippen LogP contribution in [0.2, 0.25) is 0 Å². The number of nitrogens with one attached hydrogen (secondary N) is 1. The smallest absolute Gasteiger partial charge is 0.270 e. The second kappa shape index (κ2) is 6.49. The van der Waals surface area contributed by atoms with Gasteiger partial charge in [0.05, 0.1) is 12.2 Å². The minimum absolute atomic E-state index is 0.133. The van der Waals surface area contributed by atoms with Gasteiger partial charge in [-0.25, -0.2) is 4.68 Å². The highest BCUT2D eigenvalue weighted by molar-refractivity contribution is 5.23. The van der Waals surface area contributed by atoms with Crippen LogP contribution < -0.4 is 5.56 Å². The van der Waals surface area contributed by atoms with Crippen LogP contribution in [-0.4, -0.2) is 21.2 Å². The molecule has 0 fully saturated rings. The zero-order chi connectivity index (χ0) is 16.4. The predicted octanol–water partition coefficient (Wildman–Crippen LogP) is 2.78. The SMILES string of the molecule is O=c1c2c([nH]n1Cc1ccccc1)CN(Cc1ccccc1)CC2. The van der Waals surface area contributed by atoms with Gasteiger partial charge in [-0.2, -0.15) is 0 Å². The monoisotopic (exact) mass is 319 g/mol. The molecule has 0 spiro atoms. The molecule has 2 aromatic carbocycles. The number of benzene rings is 2. The van der Waals surface area contributed by atoms with E-state index in [0.29, 0.717) is 6.54 Å². The maximum Gasteiger partial charge on any atom is 0.270 e. The molecule has 3 aromatic rings. The van der Waals surface area contributed by atoms with Gasteiger partial charge in [-0.1, -0.05) is 60.7 Å². The average molecular weight is 319 g/mol. The summed E-state index contributed by atoms with van der Waals surface area (Å²) in [5, 5.41) is 3.33. The maximum absolute atomic E-state index is 12.6. The molecule has 4 heteroatoms. The lowest BCUT2D eigenvalue weighted by atomic mass is 10.1. The van der Waals surface area contributed by atoms with Gasteiger partial charge < -0.3 is 0 Å². The molecule has 0 aliphatic carbocycles. The number of fused-ring (bicyclic) bond motifs is 1. The Morgan fingerprint density at radius 3 is 2.17 bits per heavy atom. The van der Waals surface area contributed by atoms with E-state index in [1.807, 2.05) is 36.4 Å². The quantitative estimate of drug-likeness (QED) is 0.803. The van der Waals surface area contributed by atoms with Crippen molar-refractivity contribution in [1.82, 2.24) is 14.7 Å². The largest absolute Gasteiger partial charge is 0.298 e. The van der Waals surface area contributed by atoms with Gasteiger partial charge in [-0.05, 0) is 17.5 Å². The van der Waals surface area contributed by atoms with Crippen molar-refractivity contribution in [2.75, 3.05) is 6.54 Å². The Morgan fingerprint density at radius 1 is 0.875 bits per heavy atom. The Bertz CT molecular complexity index is 865. The number of nitrogens with zero attached hydrogens (tertiary/aromatic N) is 2. The Labute approximate surface area is 141 Å². The molecule has 0 saturated heterocycles. The first-order valence-corrected chi connectivity index (χ1v) is 8.40. The predicted molar refractivity (Wildman–Crippen MR) is 94.9 cm³/mol. The molecule has 1 aliphatic heterocycles. The third kappa shape index (κ3) is 3.05. The lowest BCUT2D eigenvalue weighted by molar-refractivity contribution is 0.242. The summed E-state index contributed by atoms with van der Waals surface area (Å²) >= 11 is 0. The van der Waals surface area contributed by atoms with Crippen molar-refractivity contribution in [3.05, 3.63) is 93.4 Å². The second-order valence-electron chi connectivity index (χ2n) is 6.39. The van der Waals surface area contributed by atoms with Crippen molar-refractivity contribution >= 4 is 0 Å². The number of hydrogen-bond donors (Lipinski definition) is 1. The van der Waals surface area contributed by atoms with Gasteiger partial charge in [0, 0.05) is 25.2 Å². The van der Waals surface area contributed by atoms with Gasteiger partial charge in [0.1, 0.15) is 0 Å². The van der Waals surface area contributed by atoms with E-state index in [4.69, 9.17) is 0 Å². The molecule has 4 rings (SSSR count). The van der Waals surface area contributed by atoms with E-state index < -0.39 is 0 Å². The molecule has 0 radical (unpaired) electrons. The van der Waals surface area contributed by atoms with E-state index in [-0.39, 0.29) is 5.56 Å².